The van der Waals surface area contributed by atoms with Crippen molar-refractivity contribution in [3.05, 3.63) is 59.5 Å². The number of halogens is 4. The molecule has 0 bridgehead atoms. The molecule has 182 valence electrons. The molecule has 0 unspecified atom stereocenters. The molecule has 1 aromatic heterocycles. The van der Waals surface area contributed by atoms with Crippen LogP contribution in [-0.2, 0) is 11.8 Å². The molecule has 0 amide bonds. The van der Waals surface area contributed by atoms with Gasteiger partial charge in [0.05, 0.1) is 17.4 Å². The van der Waals surface area contributed by atoms with E-state index < -0.39 is 35.1 Å². The molecular formula is C26H28F4N2O2. The van der Waals surface area contributed by atoms with Gasteiger partial charge in [0.1, 0.15) is 11.4 Å². The number of nitrogens with zero attached hydrogens (tertiary/aromatic N) is 2. The summed E-state index contributed by atoms with van der Waals surface area (Å²) in [6.45, 7) is 3.06. The fraction of sp³-hybridized carbons (Fsp3) is 0.500. The first-order valence-corrected chi connectivity index (χ1v) is 11.7. The van der Waals surface area contributed by atoms with Gasteiger partial charge in [0.15, 0.2) is 5.60 Å². The lowest BCUT2D eigenvalue weighted by atomic mass is 9.52. The number of aryl methyl sites for hydroxylation is 1. The first-order valence-electron chi connectivity index (χ1n) is 11.7. The van der Waals surface area contributed by atoms with Crippen LogP contribution < -0.4 is 0 Å². The Hall–Kier alpha value is -2.45. The number of benzene rings is 2. The van der Waals surface area contributed by atoms with E-state index in [2.05, 4.69) is 5.10 Å². The third-order valence-corrected chi connectivity index (χ3v) is 8.37. The van der Waals surface area contributed by atoms with Gasteiger partial charge in [-0.2, -0.15) is 18.3 Å². The number of hydrogen-bond donors (Lipinski definition) is 2. The minimum atomic E-state index is -4.92. The Labute approximate surface area is 195 Å². The molecule has 1 fully saturated rings. The zero-order chi connectivity index (χ0) is 24.5. The second-order valence-electron chi connectivity index (χ2n) is 10.2. The van der Waals surface area contributed by atoms with Crippen molar-refractivity contribution < 1.29 is 27.8 Å². The summed E-state index contributed by atoms with van der Waals surface area (Å²) in [6, 6.07) is 10.1. The molecule has 4 atom stereocenters. The lowest BCUT2D eigenvalue weighted by molar-refractivity contribution is -0.337. The highest BCUT2D eigenvalue weighted by Gasteiger charge is 2.70. The number of aliphatic hydroxyl groups is 2. The lowest BCUT2D eigenvalue weighted by Crippen LogP contribution is -2.68. The Balaban J connectivity index is 1.66. The van der Waals surface area contributed by atoms with Gasteiger partial charge in [-0.3, -0.25) is 0 Å². The largest absolute Gasteiger partial charge is 0.420 e. The smallest absolute Gasteiger partial charge is 0.387 e. The Morgan fingerprint density at radius 2 is 1.85 bits per heavy atom. The van der Waals surface area contributed by atoms with E-state index in [1.54, 1.807) is 23.0 Å². The number of rotatable bonds is 2. The summed E-state index contributed by atoms with van der Waals surface area (Å²) in [5.41, 5.74) is -2.66. The fourth-order valence-corrected chi connectivity index (χ4v) is 6.51. The molecule has 0 saturated heterocycles. The topological polar surface area (TPSA) is 58.3 Å². The average molecular weight is 477 g/mol. The van der Waals surface area contributed by atoms with Gasteiger partial charge < -0.3 is 10.2 Å². The van der Waals surface area contributed by atoms with Crippen molar-refractivity contribution >= 4 is 10.9 Å². The number of alkyl halides is 3. The van der Waals surface area contributed by atoms with E-state index in [0.717, 1.165) is 29.0 Å². The molecule has 4 nitrogen and oxygen atoms in total. The molecular weight excluding hydrogens is 448 g/mol. The van der Waals surface area contributed by atoms with E-state index in [1.807, 2.05) is 19.1 Å². The Kier molecular flexibility index (Phi) is 5.15. The molecule has 34 heavy (non-hydrogen) atoms. The molecule has 3 aromatic rings. The zero-order valence-electron chi connectivity index (χ0n) is 19.2. The SMILES string of the molecule is CC[C@]12C[C@](C)(O)[C@@](O)(C(F)(F)F)C[C@@H]1CCCc1cc3c(cnn3-c3ccc(F)cc3)cc12. The first-order chi connectivity index (χ1) is 15.9. The summed E-state index contributed by atoms with van der Waals surface area (Å²) in [5.74, 6) is -0.761. The van der Waals surface area contributed by atoms with Gasteiger partial charge in [0.25, 0.3) is 0 Å². The van der Waals surface area contributed by atoms with Crippen molar-refractivity contribution in [3.63, 3.8) is 0 Å². The van der Waals surface area contributed by atoms with Crippen LogP contribution in [-0.4, -0.2) is 37.4 Å². The normalized spacial score (nSPS) is 31.7. The van der Waals surface area contributed by atoms with Gasteiger partial charge >= 0.3 is 6.18 Å². The van der Waals surface area contributed by atoms with Crippen LogP contribution in [0.4, 0.5) is 17.6 Å². The molecule has 8 heteroatoms. The molecule has 5 rings (SSSR count). The summed E-state index contributed by atoms with van der Waals surface area (Å²) in [5, 5.41) is 27.1. The monoisotopic (exact) mass is 476 g/mol. The fourth-order valence-electron chi connectivity index (χ4n) is 6.51. The van der Waals surface area contributed by atoms with Crippen molar-refractivity contribution in [2.24, 2.45) is 5.92 Å². The molecule has 2 N–H and O–H groups in total. The van der Waals surface area contributed by atoms with E-state index in [4.69, 9.17) is 0 Å². The van der Waals surface area contributed by atoms with Crippen LogP contribution in [0.5, 0.6) is 0 Å². The summed E-state index contributed by atoms with van der Waals surface area (Å²) < 4.78 is 57.0. The maximum Gasteiger partial charge on any atom is 0.420 e. The Morgan fingerprint density at radius 3 is 2.50 bits per heavy atom. The quantitative estimate of drug-likeness (QED) is 0.473. The zero-order valence-corrected chi connectivity index (χ0v) is 19.2. The van der Waals surface area contributed by atoms with Crippen molar-refractivity contribution in [3.8, 4) is 5.69 Å². The molecule has 0 spiro atoms. The first kappa shape index (κ1) is 23.3. The highest BCUT2D eigenvalue weighted by Crippen LogP contribution is 2.60. The van der Waals surface area contributed by atoms with Crippen LogP contribution in [0.2, 0.25) is 0 Å². The van der Waals surface area contributed by atoms with Gasteiger partial charge in [-0.15, -0.1) is 0 Å². The molecule has 1 heterocycles. The minimum Gasteiger partial charge on any atom is -0.387 e. The second kappa shape index (κ2) is 7.52. The van der Waals surface area contributed by atoms with Crippen LogP contribution in [0.3, 0.4) is 0 Å². The predicted octanol–water partition coefficient (Wildman–Crippen LogP) is 5.60. The molecule has 0 radical (unpaired) electrons. The van der Waals surface area contributed by atoms with Gasteiger partial charge in [-0.05, 0) is 98.9 Å². The van der Waals surface area contributed by atoms with Gasteiger partial charge in [0.2, 0.25) is 0 Å². The van der Waals surface area contributed by atoms with Crippen molar-refractivity contribution in [2.75, 3.05) is 0 Å². The second-order valence-corrected chi connectivity index (χ2v) is 10.2. The molecule has 0 aliphatic heterocycles. The average Bonchev–Trinajstić information content (AvgIpc) is 3.11. The molecule has 2 aliphatic carbocycles. The third kappa shape index (κ3) is 3.22. The van der Waals surface area contributed by atoms with Gasteiger partial charge in [-0.25, -0.2) is 9.07 Å². The van der Waals surface area contributed by atoms with Gasteiger partial charge in [0, 0.05) is 10.8 Å². The van der Waals surface area contributed by atoms with Crippen molar-refractivity contribution in [1.82, 2.24) is 9.78 Å². The standard InChI is InChI=1S/C26H28F4N2O2/c1-3-24-15-23(2,33)25(34,26(28,29)30)13-18(24)6-4-5-16-12-22-17(11-21(16)24)14-31-32(22)20-9-7-19(27)8-10-20/h7-12,14,18,33-34H,3-6,13,15H2,1-2H3/t18-,23-,24-,25+/m0/s1. The predicted molar refractivity (Wildman–Crippen MR) is 120 cm³/mol. The van der Waals surface area contributed by atoms with Crippen LogP contribution in [0.25, 0.3) is 16.6 Å². The van der Waals surface area contributed by atoms with E-state index in [0.29, 0.717) is 31.4 Å². The van der Waals surface area contributed by atoms with E-state index in [1.165, 1.54) is 12.1 Å². The van der Waals surface area contributed by atoms with Crippen molar-refractivity contribution in [1.29, 1.82) is 0 Å². The maximum atomic E-state index is 14.0. The summed E-state index contributed by atoms with van der Waals surface area (Å²) in [6.07, 6.45) is -1.47. The lowest BCUT2D eigenvalue weighted by Gasteiger charge is -2.57. The van der Waals surface area contributed by atoms with Crippen LogP contribution in [0, 0.1) is 11.7 Å². The van der Waals surface area contributed by atoms with Gasteiger partial charge in [-0.1, -0.05) is 6.92 Å². The molecule has 1 saturated carbocycles. The number of aromatic nitrogens is 2. The van der Waals surface area contributed by atoms with Crippen molar-refractivity contribution in [2.45, 2.75) is 75.2 Å². The van der Waals surface area contributed by atoms with E-state index in [-0.39, 0.29) is 12.2 Å². The molecule has 2 aliphatic rings. The van der Waals surface area contributed by atoms with Crippen LogP contribution >= 0.6 is 0 Å². The highest BCUT2D eigenvalue weighted by atomic mass is 19.4. The Morgan fingerprint density at radius 1 is 1.15 bits per heavy atom. The summed E-state index contributed by atoms with van der Waals surface area (Å²) >= 11 is 0. The minimum absolute atomic E-state index is 0.179. The number of fused-ring (bicyclic) bond motifs is 4. The van der Waals surface area contributed by atoms with E-state index >= 15 is 0 Å². The summed E-state index contributed by atoms with van der Waals surface area (Å²) in [7, 11) is 0. The number of hydrogen-bond acceptors (Lipinski definition) is 3. The Bertz CT molecular complexity index is 1230. The van der Waals surface area contributed by atoms with Crippen LogP contribution in [0.15, 0.2) is 42.6 Å². The van der Waals surface area contributed by atoms with Crippen LogP contribution in [0.1, 0.15) is 57.1 Å². The maximum absolute atomic E-state index is 14.0. The van der Waals surface area contributed by atoms with E-state index in [9.17, 15) is 27.8 Å². The summed E-state index contributed by atoms with van der Waals surface area (Å²) in [4.78, 5) is 0. The highest BCUT2D eigenvalue weighted by molar-refractivity contribution is 5.82. The third-order valence-electron chi connectivity index (χ3n) is 8.37. The molecule has 2 aromatic carbocycles.